The Labute approximate surface area is 148 Å². The average molecular weight is 336 g/mol. The zero-order valence-corrected chi connectivity index (χ0v) is 14.6. The lowest BCUT2D eigenvalue weighted by atomic mass is 9.86. The Balaban J connectivity index is 1.45. The predicted octanol–water partition coefficient (Wildman–Crippen LogP) is 3.74. The van der Waals surface area contributed by atoms with Crippen molar-refractivity contribution in [3.05, 3.63) is 65.5 Å². The van der Waals surface area contributed by atoms with E-state index in [0.29, 0.717) is 13.1 Å². The van der Waals surface area contributed by atoms with Gasteiger partial charge in [0.25, 0.3) is 0 Å². The molecule has 25 heavy (non-hydrogen) atoms. The highest BCUT2D eigenvalue weighted by molar-refractivity contribution is 5.83. The molecular weight excluding hydrogens is 312 g/mol. The highest BCUT2D eigenvalue weighted by Crippen LogP contribution is 2.31. The van der Waals surface area contributed by atoms with Crippen molar-refractivity contribution in [3.63, 3.8) is 0 Å². The van der Waals surface area contributed by atoms with Gasteiger partial charge in [0.05, 0.1) is 18.3 Å². The van der Waals surface area contributed by atoms with Crippen molar-refractivity contribution in [3.8, 4) is 0 Å². The Morgan fingerprint density at radius 1 is 1.16 bits per heavy atom. The summed E-state index contributed by atoms with van der Waals surface area (Å²) in [6.07, 6.45) is 1.48. The third-order valence-electron chi connectivity index (χ3n) is 5.22. The molecule has 1 fully saturated rings. The Kier molecular flexibility index (Phi) is 4.55. The van der Waals surface area contributed by atoms with Gasteiger partial charge in [-0.3, -0.25) is 4.90 Å². The van der Waals surface area contributed by atoms with E-state index in [-0.39, 0.29) is 12.0 Å². The first kappa shape index (κ1) is 16.3. The maximum absolute atomic E-state index is 10.7. The second-order valence-corrected chi connectivity index (χ2v) is 6.94. The first-order valence-corrected chi connectivity index (χ1v) is 9.06. The van der Waals surface area contributed by atoms with Gasteiger partial charge < -0.3 is 9.63 Å². The van der Waals surface area contributed by atoms with E-state index in [1.54, 1.807) is 0 Å². The molecule has 2 heterocycles. The van der Waals surface area contributed by atoms with Crippen molar-refractivity contribution >= 4 is 10.8 Å². The van der Waals surface area contributed by atoms with Crippen molar-refractivity contribution in [2.45, 2.75) is 38.3 Å². The van der Waals surface area contributed by atoms with Gasteiger partial charge in [0, 0.05) is 18.5 Å². The second kappa shape index (κ2) is 6.98. The number of piperidine rings is 1. The van der Waals surface area contributed by atoms with Crippen LogP contribution >= 0.6 is 0 Å². The maximum Gasteiger partial charge on any atom is 0.150 e. The normalized spacial score (nSPS) is 21.7. The number of β-amino-alcohol motifs (C(OH)–C–C–N with tert-alkyl or cyclic N) is 1. The Morgan fingerprint density at radius 3 is 2.76 bits per heavy atom. The topological polar surface area (TPSA) is 49.5 Å². The zero-order valence-electron chi connectivity index (χ0n) is 14.6. The molecule has 2 atom stereocenters. The molecule has 130 valence electrons. The lowest BCUT2D eigenvalue weighted by molar-refractivity contribution is 0.0438. The molecule has 0 amide bonds. The molecule has 4 nitrogen and oxygen atoms in total. The molecule has 3 aromatic rings. The van der Waals surface area contributed by atoms with Crippen LogP contribution < -0.4 is 0 Å². The number of rotatable bonds is 4. The van der Waals surface area contributed by atoms with Crippen LogP contribution in [0.5, 0.6) is 0 Å². The van der Waals surface area contributed by atoms with Gasteiger partial charge in [-0.1, -0.05) is 54.5 Å². The lowest BCUT2D eigenvalue weighted by Gasteiger charge is -2.35. The van der Waals surface area contributed by atoms with Crippen LogP contribution in [0.1, 0.15) is 36.3 Å². The van der Waals surface area contributed by atoms with E-state index in [1.807, 2.05) is 6.07 Å². The lowest BCUT2D eigenvalue weighted by Crippen LogP contribution is -2.42. The van der Waals surface area contributed by atoms with Crippen LogP contribution in [0.15, 0.2) is 53.1 Å². The predicted molar refractivity (Wildman–Crippen MR) is 98.5 cm³/mol. The largest absolute Gasteiger partial charge is 0.391 e. The smallest absolute Gasteiger partial charge is 0.150 e. The van der Waals surface area contributed by atoms with Gasteiger partial charge in [0.2, 0.25) is 0 Å². The monoisotopic (exact) mass is 336 g/mol. The molecule has 4 rings (SSSR count). The molecule has 1 aliphatic heterocycles. The third kappa shape index (κ3) is 3.46. The summed E-state index contributed by atoms with van der Waals surface area (Å²) >= 11 is 0. The van der Waals surface area contributed by atoms with Crippen molar-refractivity contribution in [1.82, 2.24) is 10.1 Å². The van der Waals surface area contributed by atoms with E-state index in [1.165, 1.54) is 16.3 Å². The molecule has 1 aliphatic rings. The van der Waals surface area contributed by atoms with E-state index in [9.17, 15) is 5.11 Å². The van der Waals surface area contributed by atoms with Crippen LogP contribution in [0.4, 0.5) is 0 Å². The number of hydrogen-bond acceptors (Lipinski definition) is 4. The number of likely N-dealkylation sites (tertiary alicyclic amines) is 1. The molecule has 1 aromatic heterocycles. The van der Waals surface area contributed by atoms with Gasteiger partial charge in [-0.2, -0.15) is 0 Å². The molecule has 0 unspecified atom stereocenters. The molecule has 0 aliphatic carbocycles. The van der Waals surface area contributed by atoms with Crippen molar-refractivity contribution < 1.29 is 9.63 Å². The fraction of sp³-hybridized carbons (Fsp3) is 0.381. The number of fused-ring (bicyclic) bond motifs is 1. The molecule has 1 N–H and O–H groups in total. The Bertz CT molecular complexity index is 858. The minimum atomic E-state index is -0.358. The fourth-order valence-corrected chi connectivity index (χ4v) is 3.79. The molecule has 1 saturated heterocycles. The van der Waals surface area contributed by atoms with Crippen LogP contribution in [0, 0.1) is 0 Å². The zero-order chi connectivity index (χ0) is 17.2. The van der Waals surface area contributed by atoms with Crippen LogP contribution in [0.3, 0.4) is 0 Å². The first-order valence-electron chi connectivity index (χ1n) is 9.06. The van der Waals surface area contributed by atoms with Crippen LogP contribution in [-0.2, 0) is 13.0 Å². The quantitative estimate of drug-likeness (QED) is 0.788. The number of aliphatic hydroxyl groups excluding tert-OH is 1. The summed E-state index contributed by atoms with van der Waals surface area (Å²) < 4.78 is 5.38. The van der Waals surface area contributed by atoms with E-state index < -0.39 is 0 Å². The van der Waals surface area contributed by atoms with Gasteiger partial charge in [0.1, 0.15) is 0 Å². The summed E-state index contributed by atoms with van der Waals surface area (Å²) in [6, 6.07) is 16.9. The number of aromatic nitrogens is 1. The van der Waals surface area contributed by atoms with Crippen molar-refractivity contribution in [2.24, 2.45) is 0 Å². The third-order valence-corrected chi connectivity index (χ3v) is 5.22. The Hall–Kier alpha value is -2.17. The summed E-state index contributed by atoms with van der Waals surface area (Å²) in [5, 5.41) is 17.2. The molecule has 0 spiro atoms. The minimum Gasteiger partial charge on any atom is -0.391 e. The number of aliphatic hydroxyl groups is 1. The summed E-state index contributed by atoms with van der Waals surface area (Å²) in [4.78, 5) is 2.25. The van der Waals surface area contributed by atoms with Crippen molar-refractivity contribution in [2.75, 3.05) is 13.1 Å². The van der Waals surface area contributed by atoms with E-state index in [2.05, 4.69) is 59.4 Å². The van der Waals surface area contributed by atoms with Gasteiger partial charge in [0.15, 0.2) is 5.76 Å². The number of nitrogens with zero attached hydrogens (tertiary/aromatic N) is 2. The molecule has 0 bridgehead atoms. The molecule has 2 aromatic carbocycles. The van der Waals surface area contributed by atoms with Gasteiger partial charge in [-0.15, -0.1) is 0 Å². The molecular formula is C21H24N2O2. The summed E-state index contributed by atoms with van der Waals surface area (Å²) in [5.74, 6) is 1.08. The second-order valence-electron chi connectivity index (χ2n) is 6.94. The maximum atomic E-state index is 10.7. The number of benzene rings is 2. The Morgan fingerprint density at radius 2 is 2.00 bits per heavy atom. The van der Waals surface area contributed by atoms with Crippen molar-refractivity contribution in [1.29, 1.82) is 0 Å². The molecule has 0 saturated carbocycles. The first-order chi connectivity index (χ1) is 12.2. The number of hydrogen-bond donors (Lipinski definition) is 1. The van der Waals surface area contributed by atoms with Crippen LogP contribution in [0.25, 0.3) is 10.8 Å². The summed E-state index contributed by atoms with van der Waals surface area (Å²) in [6.45, 7) is 4.41. The van der Waals surface area contributed by atoms with Crippen LogP contribution in [0.2, 0.25) is 0 Å². The average Bonchev–Trinajstić information content (AvgIpc) is 3.09. The highest BCUT2D eigenvalue weighted by Gasteiger charge is 2.29. The van der Waals surface area contributed by atoms with Crippen LogP contribution in [-0.4, -0.2) is 34.4 Å². The van der Waals surface area contributed by atoms with E-state index in [0.717, 1.165) is 30.8 Å². The fourth-order valence-electron chi connectivity index (χ4n) is 3.79. The van der Waals surface area contributed by atoms with Gasteiger partial charge in [-0.05, 0) is 35.7 Å². The van der Waals surface area contributed by atoms with E-state index >= 15 is 0 Å². The van der Waals surface area contributed by atoms with E-state index in [4.69, 9.17) is 4.52 Å². The van der Waals surface area contributed by atoms with Gasteiger partial charge in [-0.25, -0.2) is 0 Å². The standard InChI is InChI=1S/C21H24N2O2/c1-2-18-12-19(25-22-18)13-23-10-9-20(21(24)14-23)17-8-7-15-5-3-4-6-16(15)11-17/h3-8,11-12,20-21,24H,2,9-10,13-14H2,1H3/t20-,21+/m1/s1. The number of aryl methyl sites for hydroxylation is 1. The van der Waals surface area contributed by atoms with Gasteiger partial charge >= 0.3 is 0 Å². The highest BCUT2D eigenvalue weighted by atomic mass is 16.5. The molecule has 4 heteroatoms. The summed E-state index contributed by atoms with van der Waals surface area (Å²) in [7, 11) is 0. The SMILES string of the molecule is CCc1cc(CN2CC[C@H](c3ccc4ccccc4c3)[C@@H](O)C2)on1. The minimum absolute atomic E-state index is 0.196. The summed E-state index contributed by atoms with van der Waals surface area (Å²) in [5.41, 5.74) is 2.22. The molecule has 0 radical (unpaired) electrons.